The number of aliphatic hydroxyl groups is 1. The number of carbonyl (C=O) groups is 1. The molecular weight excluding hydrogens is 358 g/mol. The van der Waals surface area contributed by atoms with Crippen LogP contribution in [0.15, 0.2) is 42.5 Å². The Balaban J connectivity index is 2.06. The lowest BCUT2D eigenvalue weighted by Crippen LogP contribution is -2.23. The summed E-state index contributed by atoms with van der Waals surface area (Å²) in [4.78, 5) is 15.9. The van der Waals surface area contributed by atoms with Crippen LogP contribution in [0.4, 0.5) is 0 Å². The summed E-state index contributed by atoms with van der Waals surface area (Å²) in [5, 5.41) is 19.4. The molecule has 3 rings (SSSR count). The Hall–Kier alpha value is -3.12. The molecule has 0 saturated carbocycles. The average molecular weight is 381 g/mol. The summed E-state index contributed by atoms with van der Waals surface area (Å²) in [7, 11) is 1.51. The van der Waals surface area contributed by atoms with Gasteiger partial charge in [0.25, 0.3) is 0 Å². The van der Waals surface area contributed by atoms with Gasteiger partial charge in [-0.3, -0.25) is 0 Å². The largest absolute Gasteiger partial charge is 0.493 e. The van der Waals surface area contributed by atoms with Gasteiger partial charge in [-0.2, -0.15) is 0 Å². The van der Waals surface area contributed by atoms with Gasteiger partial charge in [-0.05, 0) is 55.7 Å². The molecule has 0 aliphatic carbocycles. The minimum absolute atomic E-state index is 0.0612. The molecule has 0 spiro atoms. The van der Waals surface area contributed by atoms with E-state index in [1.54, 1.807) is 12.1 Å². The van der Waals surface area contributed by atoms with Crippen molar-refractivity contribution in [3.05, 3.63) is 53.6 Å². The van der Waals surface area contributed by atoms with Gasteiger partial charge in [-0.1, -0.05) is 18.2 Å². The summed E-state index contributed by atoms with van der Waals surface area (Å²) >= 11 is 0. The summed E-state index contributed by atoms with van der Waals surface area (Å²) in [5.41, 5.74) is 4.54. The van der Waals surface area contributed by atoms with Crippen LogP contribution in [0.3, 0.4) is 0 Å². The number of hydrogen-bond acceptors (Lipinski definition) is 5. The highest BCUT2D eigenvalue weighted by Crippen LogP contribution is 2.34. The SMILES string of the molecule is COc1cc(-c2cc(C)c3cccc(CCO)c3n2)ccc1OC(C)C(=O)O. The number of carboxylic acids is 1. The van der Waals surface area contributed by atoms with Crippen LogP contribution < -0.4 is 9.47 Å². The molecule has 1 heterocycles. The number of carboxylic acid groups (broad SMARTS) is 1. The van der Waals surface area contributed by atoms with Crippen LogP contribution in [0.2, 0.25) is 0 Å². The second-order valence-electron chi connectivity index (χ2n) is 6.58. The van der Waals surface area contributed by atoms with Gasteiger partial charge in [0, 0.05) is 17.6 Å². The van der Waals surface area contributed by atoms with E-state index in [9.17, 15) is 9.90 Å². The van der Waals surface area contributed by atoms with Crippen molar-refractivity contribution >= 4 is 16.9 Å². The zero-order valence-electron chi connectivity index (χ0n) is 16.1. The Kier molecular flexibility index (Phi) is 5.80. The van der Waals surface area contributed by atoms with Gasteiger partial charge in [0.2, 0.25) is 0 Å². The molecule has 0 radical (unpaired) electrons. The van der Waals surface area contributed by atoms with Crippen LogP contribution in [-0.4, -0.2) is 41.0 Å². The molecule has 1 atom stereocenters. The van der Waals surface area contributed by atoms with Crippen molar-refractivity contribution in [2.45, 2.75) is 26.4 Å². The van der Waals surface area contributed by atoms with Crippen molar-refractivity contribution in [3.8, 4) is 22.8 Å². The molecule has 1 unspecified atom stereocenters. The number of aromatic nitrogens is 1. The first kappa shape index (κ1) is 19.6. The first-order valence-corrected chi connectivity index (χ1v) is 9.02. The molecule has 146 valence electrons. The second-order valence-corrected chi connectivity index (χ2v) is 6.58. The van der Waals surface area contributed by atoms with E-state index in [0.717, 1.165) is 33.3 Å². The molecular formula is C22H23NO5. The fraction of sp³-hybridized carbons (Fsp3) is 0.273. The Morgan fingerprint density at radius 2 is 1.96 bits per heavy atom. The summed E-state index contributed by atoms with van der Waals surface area (Å²) in [6.45, 7) is 3.55. The zero-order chi connectivity index (χ0) is 20.3. The van der Waals surface area contributed by atoms with E-state index in [-0.39, 0.29) is 6.61 Å². The number of aryl methyl sites for hydroxylation is 1. The summed E-state index contributed by atoms with van der Waals surface area (Å²) in [5.74, 6) is -0.247. The van der Waals surface area contributed by atoms with E-state index >= 15 is 0 Å². The molecule has 3 aromatic rings. The molecule has 0 bridgehead atoms. The lowest BCUT2D eigenvalue weighted by molar-refractivity contribution is -0.144. The highest BCUT2D eigenvalue weighted by molar-refractivity contribution is 5.87. The molecule has 6 nitrogen and oxygen atoms in total. The third-order valence-electron chi connectivity index (χ3n) is 4.62. The lowest BCUT2D eigenvalue weighted by Gasteiger charge is -2.15. The first-order chi connectivity index (χ1) is 13.4. The number of fused-ring (bicyclic) bond motifs is 1. The number of ether oxygens (including phenoxy) is 2. The topological polar surface area (TPSA) is 88.9 Å². The molecule has 2 N–H and O–H groups in total. The minimum atomic E-state index is -1.05. The molecule has 0 aliphatic heterocycles. The lowest BCUT2D eigenvalue weighted by atomic mass is 10.0. The number of methoxy groups -OCH3 is 1. The maximum absolute atomic E-state index is 11.0. The van der Waals surface area contributed by atoms with Crippen molar-refractivity contribution in [2.75, 3.05) is 13.7 Å². The number of pyridine rings is 1. The Morgan fingerprint density at radius 3 is 2.64 bits per heavy atom. The van der Waals surface area contributed by atoms with Crippen molar-refractivity contribution < 1.29 is 24.5 Å². The molecule has 1 aromatic heterocycles. The van der Waals surface area contributed by atoms with E-state index in [0.29, 0.717) is 17.9 Å². The molecule has 6 heteroatoms. The van der Waals surface area contributed by atoms with Crippen molar-refractivity contribution in [1.29, 1.82) is 0 Å². The minimum Gasteiger partial charge on any atom is -0.493 e. The predicted octanol–water partition coefficient (Wildman–Crippen LogP) is 3.61. The van der Waals surface area contributed by atoms with E-state index in [4.69, 9.17) is 19.6 Å². The van der Waals surface area contributed by atoms with Gasteiger partial charge >= 0.3 is 5.97 Å². The Bertz CT molecular complexity index is 1020. The smallest absolute Gasteiger partial charge is 0.344 e. The van der Waals surface area contributed by atoms with Crippen LogP contribution in [0.25, 0.3) is 22.2 Å². The fourth-order valence-electron chi connectivity index (χ4n) is 3.11. The maximum atomic E-state index is 11.0. The number of benzene rings is 2. The van der Waals surface area contributed by atoms with E-state index in [1.807, 2.05) is 37.3 Å². The van der Waals surface area contributed by atoms with Gasteiger partial charge in [-0.25, -0.2) is 9.78 Å². The monoisotopic (exact) mass is 381 g/mol. The van der Waals surface area contributed by atoms with Crippen LogP contribution in [0.1, 0.15) is 18.1 Å². The van der Waals surface area contributed by atoms with Crippen molar-refractivity contribution in [2.24, 2.45) is 0 Å². The maximum Gasteiger partial charge on any atom is 0.344 e. The number of aliphatic hydroxyl groups excluding tert-OH is 1. The Morgan fingerprint density at radius 1 is 1.18 bits per heavy atom. The third-order valence-corrected chi connectivity index (χ3v) is 4.62. The van der Waals surface area contributed by atoms with E-state index in [2.05, 4.69) is 0 Å². The molecule has 0 fully saturated rings. The fourth-order valence-corrected chi connectivity index (χ4v) is 3.11. The van der Waals surface area contributed by atoms with E-state index < -0.39 is 12.1 Å². The van der Waals surface area contributed by atoms with Crippen LogP contribution in [0.5, 0.6) is 11.5 Å². The molecule has 28 heavy (non-hydrogen) atoms. The molecule has 0 saturated heterocycles. The number of aliphatic carboxylic acids is 1. The summed E-state index contributed by atoms with van der Waals surface area (Å²) in [6, 6.07) is 13.3. The van der Waals surface area contributed by atoms with Crippen LogP contribution >= 0.6 is 0 Å². The molecule has 0 amide bonds. The highest BCUT2D eigenvalue weighted by atomic mass is 16.5. The number of nitrogens with zero attached hydrogens (tertiary/aromatic N) is 1. The number of rotatable bonds is 7. The first-order valence-electron chi connectivity index (χ1n) is 9.02. The highest BCUT2D eigenvalue weighted by Gasteiger charge is 2.17. The van der Waals surface area contributed by atoms with Gasteiger partial charge in [0.05, 0.1) is 18.3 Å². The van der Waals surface area contributed by atoms with Gasteiger partial charge < -0.3 is 19.7 Å². The molecule has 2 aromatic carbocycles. The standard InChI is InChI=1S/C22H23NO5/c1-13-11-18(23-21-15(9-10-24)5-4-6-17(13)21)16-7-8-19(20(12-16)27-3)28-14(2)22(25)26/h4-8,11-12,14,24H,9-10H2,1-3H3,(H,25,26). The van der Waals surface area contributed by atoms with Crippen molar-refractivity contribution in [3.63, 3.8) is 0 Å². The van der Waals surface area contributed by atoms with Gasteiger partial charge in [-0.15, -0.1) is 0 Å². The predicted molar refractivity (Wildman–Crippen MR) is 107 cm³/mol. The van der Waals surface area contributed by atoms with Crippen LogP contribution in [-0.2, 0) is 11.2 Å². The third kappa shape index (κ3) is 3.92. The number of para-hydroxylation sites is 1. The summed E-state index contributed by atoms with van der Waals surface area (Å²) < 4.78 is 10.9. The van der Waals surface area contributed by atoms with Crippen LogP contribution in [0, 0.1) is 6.92 Å². The summed E-state index contributed by atoms with van der Waals surface area (Å²) in [6.07, 6.45) is -0.446. The quantitative estimate of drug-likeness (QED) is 0.650. The van der Waals surface area contributed by atoms with E-state index in [1.165, 1.54) is 14.0 Å². The van der Waals surface area contributed by atoms with Gasteiger partial charge in [0.15, 0.2) is 17.6 Å². The van der Waals surface area contributed by atoms with Crippen molar-refractivity contribution in [1.82, 2.24) is 4.98 Å². The zero-order valence-corrected chi connectivity index (χ0v) is 16.1. The van der Waals surface area contributed by atoms with Gasteiger partial charge in [0.1, 0.15) is 0 Å². The molecule has 0 aliphatic rings. The average Bonchev–Trinajstić information content (AvgIpc) is 2.68. The Labute approximate surface area is 163 Å². The number of hydrogen-bond donors (Lipinski definition) is 2. The second kappa shape index (κ2) is 8.27. The normalized spacial score (nSPS) is 12.0.